The van der Waals surface area contributed by atoms with E-state index in [2.05, 4.69) is 20.5 Å². The Balaban J connectivity index is 2.07. The molecular formula is C11H15N5O3. The third kappa shape index (κ3) is 3.15. The van der Waals surface area contributed by atoms with E-state index >= 15 is 0 Å². The van der Waals surface area contributed by atoms with Gasteiger partial charge in [0.15, 0.2) is 12.0 Å². The fourth-order valence-electron chi connectivity index (χ4n) is 1.40. The lowest BCUT2D eigenvalue weighted by Crippen LogP contribution is -2.12. The first-order valence-corrected chi connectivity index (χ1v) is 5.90. The van der Waals surface area contributed by atoms with Crippen molar-refractivity contribution < 1.29 is 14.1 Å². The van der Waals surface area contributed by atoms with E-state index in [0.29, 0.717) is 18.2 Å². The Bertz CT molecular complexity index is 547. The number of hydrogen-bond donors (Lipinski definition) is 0. The van der Waals surface area contributed by atoms with Crippen molar-refractivity contribution in [3.05, 3.63) is 23.6 Å². The average Bonchev–Trinajstić information content (AvgIpc) is 2.98. The number of hydrogen-bond acceptors (Lipinski definition) is 7. The van der Waals surface area contributed by atoms with E-state index < -0.39 is 5.97 Å². The average molecular weight is 265 g/mol. The molecule has 2 rings (SSSR count). The predicted octanol–water partition coefficient (Wildman–Crippen LogP) is 0.831. The zero-order chi connectivity index (χ0) is 13.8. The van der Waals surface area contributed by atoms with Crippen LogP contribution in [-0.4, -0.2) is 37.7 Å². The molecular weight excluding hydrogens is 250 g/mol. The third-order valence-electron chi connectivity index (χ3n) is 2.42. The van der Waals surface area contributed by atoms with E-state index in [1.807, 2.05) is 13.8 Å². The molecule has 2 aromatic heterocycles. The highest BCUT2D eigenvalue weighted by atomic mass is 16.5. The van der Waals surface area contributed by atoms with E-state index in [1.54, 1.807) is 6.92 Å². The zero-order valence-corrected chi connectivity index (χ0v) is 11.0. The Morgan fingerprint density at radius 1 is 1.53 bits per heavy atom. The summed E-state index contributed by atoms with van der Waals surface area (Å²) in [6, 6.07) is 0. The van der Waals surface area contributed by atoms with Crippen LogP contribution in [0.15, 0.2) is 10.9 Å². The molecule has 2 aromatic rings. The number of nitrogens with zero attached hydrogens (tertiary/aromatic N) is 5. The van der Waals surface area contributed by atoms with Crippen LogP contribution in [0.5, 0.6) is 0 Å². The summed E-state index contributed by atoms with van der Waals surface area (Å²) in [5.41, 5.74) is 0.812. The molecule has 0 bridgehead atoms. The van der Waals surface area contributed by atoms with Gasteiger partial charge in [-0.15, -0.1) is 5.10 Å². The van der Waals surface area contributed by atoms with Gasteiger partial charge in [0, 0.05) is 0 Å². The van der Waals surface area contributed by atoms with Gasteiger partial charge in [-0.05, 0) is 12.8 Å². The third-order valence-corrected chi connectivity index (χ3v) is 2.42. The molecule has 102 valence electrons. The normalized spacial score (nSPS) is 10.9. The summed E-state index contributed by atoms with van der Waals surface area (Å²) in [4.78, 5) is 15.7. The van der Waals surface area contributed by atoms with Crippen LogP contribution in [0.4, 0.5) is 0 Å². The van der Waals surface area contributed by atoms with Gasteiger partial charge in [-0.2, -0.15) is 4.98 Å². The summed E-state index contributed by atoms with van der Waals surface area (Å²) in [7, 11) is 0. The van der Waals surface area contributed by atoms with Crippen molar-refractivity contribution in [2.75, 3.05) is 6.61 Å². The van der Waals surface area contributed by atoms with Crippen molar-refractivity contribution in [2.24, 2.45) is 5.92 Å². The van der Waals surface area contributed by atoms with Gasteiger partial charge in [0.05, 0.1) is 12.3 Å². The summed E-state index contributed by atoms with van der Waals surface area (Å²) in [5.74, 6) is 0.204. The molecule has 0 unspecified atom stereocenters. The van der Waals surface area contributed by atoms with E-state index in [4.69, 9.17) is 9.26 Å². The molecule has 8 nitrogen and oxygen atoms in total. The van der Waals surface area contributed by atoms with Crippen LogP contribution in [0.3, 0.4) is 0 Å². The second-order valence-electron chi connectivity index (χ2n) is 4.51. The summed E-state index contributed by atoms with van der Waals surface area (Å²) >= 11 is 0. The van der Waals surface area contributed by atoms with Gasteiger partial charge in [0.1, 0.15) is 6.54 Å². The lowest BCUT2D eigenvalue weighted by Gasteiger charge is -2.05. The van der Waals surface area contributed by atoms with Crippen LogP contribution in [0.2, 0.25) is 0 Å². The van der Waals surface area contributed by atoms with Gasteiger partial charge in [-0.3, -0.25) is 0 Å². The van der Waals surface area contributed by atoms with Crippen LogP contribution >= 0.6 is 0 Å². The summed E-state index contributed by atoms with van der Waals surface area (Å²) in [6.45, 7) is 6.30. The monoisotopic (exact) mass is 265 g/mol. The predicted molar refractivity (Wildman–Crippen MR) is 63.3 cm³/mol. The van der Waals surface area contributed by atoms with Crippen LogP contribution in [0.25, 0.3) is 0 Å². The standard InChI is InChI=1S/C11H15N5O3/c1-7(2)5-18-11(17)10-8(3)16(15-14-10)4-9-12-6-13-19-9/h6-7H,4-5H2,1-3H3. The Labute approximate surface area is 109 Å². The topological polar surface area (TPSA) is 95.9 Å². The minimum Gasteiger partial charge on any atom is -0.461 e. The number of ether oxygens (including phenoxy) is 1. The quantitative estimate of drug-likeness (QED) is 0.738. The first-order valence-electron chi connectivity index (χ1n) is 5.90. The number of aromatic nitrogens is 5. The molecule has 0 fully saturated rings. The van der Waals surface area contributed by atoms with Crippen molar-refractivity contribution in [2.45, 2.75) is 27.3 Å². The van der Waals surface area contributed by atoms with Gasteiger partial charge in [-0.1, -0.05) is 24.2 Å². The highest BCUT2D eigenvalue weighted by Crippen LogP contribution is 2.08. The zero-order valence-electron chi connectivity index (χ0n) is 11.0. The van der Waals surface area contributed by atoms with E-state index in [9.17, 15) is 4.79 Å². The van der Waals surface area contributed by atoms with Gasteiger partial charge in [-0.25, -0.2) is 9.48 Å². The number of carbonyl (C=O) groups is 1. The molecule has 0 saturated heterocycles. The Hall–Kier alpha value is -2.25. The maximum atomic E-state index is 11.8. The van der Waals surface area contributed by atoms with E-state index in [-0.39, 0.29) is 18.2 Å². The fraction of sp³-hybridized carbons (Fsp3) is 0.545. The minimum atomic E-state index is -0.469. The Morgan fingerprint density at radius 3 is 2.95 bits per heavy atom. The smallest absolute Gasteiger partial charge is 0.360 e. The van der Waals surface area contributed by atoms with Crippen molar-refractivity contribution in [1.29, 1.82) is 0 Å². The fourth-order valence-corrected chi connectivity index (χ4v) is 1.40. The van der Waals surface area contributed by atoms with Crippen molar-refractivity contribution >= 4 is 5.97 Å². The van der Waals surface area contributed by atoms with Gasteiger partial charge in [0.2, 0.25) is 5.89 Å². The number of carbonyl (C=O) groups excluding carboxylic acids is 1. The first-order chi connectivity index (χ1) is 9.08. The summed E-state index contributed by atoms with van der Waals surface area (Å²) in [6.07, 6.45) is 1.30. The van der Waals surface area contributed by atoms with Gasteiger partial charge in [0.25, 0.3) is 0 Å². The molecule has 0 aromatic carbocycles. The Kier molecular flexibility index (Phi) is 3.88. The van der Waals surface area contributed by atoms with Crippen LogP contribution < -0.4 is 0 Å². The Morgan fingerprint density at radius 2 is 2.32 bits per heavy atom. The molecule has 0 aliphatic heterocycles. The van der Waals surface area contributed by atoms with Gasteiger partial charge < -0.3 is 9.26 Å². The first kappa shape index (κ1) is 13.2. The number of rotatable bonds is 5. The molecule has 19 heavy (non-hydrogen) atoms. The molecule has 2 heterocycles. The van der Waals surface area contributed by atoms with Gasteiger partial charge >= 0.3 is 5.97 Å². The van der Waals surface area contributed by atoms with Crippen molar-refractivity contribution in [3.63, 3.8) is 0 Å². The lowest BCUT2D eigenvalue weighted by molar-refractivity contribution is 0.0451. The maximum Gasteiger partial charge on any atom is 0.360 e. The van der Waals surface area contributed by atoms with Crippen molar-refractivity contribution in [3.8, 4) is 0 Å². The molecule has 0 amide bonds. The summed E-state index contributed by atoms with van der Waals surface area (Å²) < 4.78 is 11.5. The largest absolute Gasteiger partial charge is 0.461 e. The van der Waals surface area contributed by atoms with E-state index in [1.165, 1.54) is 11.0 Å². The molecule has 0 radical (unpaired) electrons. The second kappa shape index (κ2) is 5.59. The molecule has 0 spiro atoms. The van der Waals surface area contributed by atoms with Crippen LogP contribution in [0, 0.1) is 12.8 Å². The molecule has 0 atom stereocenters. The second-order valence-corrected chi connectivity index (χ2v) is 4.51. The highest BCUT2D eigenvalue weighted by Gasteiger charge is 2.19. The van der Waals surface area contributed by atoms with E-state index in [0.717, 1.165) is 0 Å². The maximum absolute atomic E-state index is 11.8. The highest BCUT2D eigenvalue weighted by molar-refractivity contribution is 5.88. The minimum absolute atomic E-state index is 0.208. The molecule has 0 aliphatic carbocycles. The van der Waals surface area contributed by atoms with Crippen LogP contribution in [-0.2, 0) is 11.3 Å². The SMILES string of the molecule is Cc1c(C(=O)OCC(C)C)nnn1Cc1ncno1. The lowest BCUT2D eigenvalue weighted by atomic mass is 10.2. The van der Waals surface area contributed by atoms with Crippen LogP contribution in [0.1, 0.15) is 35.9 Å². The number of esters is 1. The molecule has 0 aliphatic rings. The molecule has 0 N–H and O–H groups in total. The summed E-state index contributed by atoms with van der Waals surface area (Å²) in [5, 5.41) is 11.2. The molecule has 8 heteroatoms. The van der Waals surface area contributed by atoms with Crippen molar-refractivity contribution in [1.82, 2.24) is 25.1 Å². The molecule has 0 saturated carbocycles.